The molecule has 0 unspecified atom stereocenters. The third-order valence-electron chi connectivity index (χ3n) is 2.98. The maximum atomic E-state index is 11.3. The maximum Gasteiger partial charge on any atom is 0.159 e. The summed E-state index contributed by atoms with van der Waals surface area (Å²) >= 11 is 0. The minimum Gasteiger partial charge on any atom is -0.302 e. The third kappa shape index (κ3) is 2.39. The normalized spacial score (nSPS) is 17.0. The summed E-state index contributed by atoms with van der Waals surface area (Å²) in [5, 5.41) is 0. The number of hydrogen-bond donors (Lipinski definition) is 0. The number of carbonyl (C=O) groups is 1. The van der Waals surface area contributed by atoms with Gasteiger partial charge in [-0.3, -0.25) is 4.79 Å². The Bertz CT molecular complexity index is 434. The van der Waals surface area contributed by atoms with Crippen LogP contribution in [-0.2, 0) is 0 Å². The van der Waals surface area contributed by atoms with Crippen LogP contribution in [0.15, 0.2) is 30.3 Å². The van der Waals surface area contributed by atoms with Gasteiger partial charge in [-0.2, -0.15) is 0 Å². The number of likely N-dealkylation sites (N-methyl/N-ethyl adjacent to an activating group) is 1. The Hall–Kier alpha value is -1.41. The summed E-state index contributed by atoms with van der Waals surface area (Å²) in [4.78, 5) is 13.6. The molecular formula is C14H17NO. The fourth-order valence-electron chi connectivity index (χ4n) is 2.04. The van der Waals surface area contributed by atoms with Crippen molar-refractivity contribution in [1.82, 2.24) is 4.90 Å². The van der Waals surface area contributed by atoms with Gasteiger partial charge in [0.15, 0.2) is 5.78 Å². The molecule has 2 rings (SSSR count). The van der Waals surface area contributed by atoms with Gasteiger partial charge in [0, 0.05) is 18.7 Å². The molecular weight excluding hydrogens is 198 g/mol. The van der Waals surface area contributed by atoms with Crippen LogP contribution in [0.5, 0.6) is 0 Å². The van der Waals surface area contributed by atoms with E-state index in [9.17, 15) is 4.79 Å². The van der Waals surface area contributed by atoms with E-state index in [1.807, 2.05) is 18.2 Å². The van der Waals surface area contributed by atoms with Crippen LogP contribution in [0.2, 0.25) is 0 Å². The van der Waals surface area contributed by atoms with E-state index in [4.69, 9.17) is 0 Å². The lowest BCUT2D eigenvalue weighted by molar-refractivity contribution is 0.101. The highest BCUT2D eigenvalue weighted by atomic mass is 16.1. The fraction of sp³-hybridized carbons (Fsp3) is 0.357. The van der Waals surface area contributed by atoms with E-state index < -0.39 is 0 Å². The van der Waals surface area contributed by atoms with Crippen LogP contribution in [0.3, 0.4) is 0 Å². The second kappa shape index (κ2) is 4.62. The van der Waals surface area contributed by atoms with Gasteiger partial charge in [0.2, 0.25) is 0 Å². The number of carbonyl (C=O) groups excluding carboxylic acids is 1. The monoisotopic (exact) mass is 215 g/mol. The molecule has 1 aliphatic heterocycles. The molecule has 0 bridgehead atoms. The van der Waals surface area contributed by atoms with Crippen molar-refractivity contribution in [3.05, 3.63) is 41.5 Å². The van der Waals surface area contributed by atoms with Crippen molar-refractivity contribution in [3.63, 3.8) is 0 Å². The summed E-state index contributed by atoms with van der Waals surface area (Å²) in [6.07, 6.45) is 3.37. The molecule has 0 N–H and O–H groups in total. The van der Waals surface area contributed by atoms with Crippen LogP contribution in [0.25, 0.3) is 5.57 Å². The molecule has 1 aliphatic rings. The molecule has 1 aromatic rings. The zero-order chi connectivity index (χ0) is 11.5. The van der Waals surface area contributed by atoms with Crippen LogP contribution in [0.4, 0.5) is 0 Å². The lowest BCUT2D eigenvalue weighted by atomic mass is 9.98. The molecule has 0 amide bonds. The summed E-state index contributed by atoms with van der Waals surface area (Å²) < 4.78 is 0. The van der Waals surface area contributed by atoms with Crippen LogP contribution in [-0.4, -0.2) is 30.8 Å². The minimum atomic E-state index is 0.131. The third-order valence-corrected chi connectivity index (χ3v) is 2.98. The van der Waals surface area contributed by atoms with E-state index in [-0.39, 0.29) is 5.78 Å². The Labute approximate surface area is 96.6 Å². The first-order valence-electron chi connectivity index (χ1n) is 5.66. The predicted octanol–water partition coefficient (Wildman–Crippen LogP) is 2.61. The van der Waals surface area contributed by atoms with Crippen molar-refractivity contribution in [2.24, 2.45) is 0 Å². The van der Waals surface area contributed by atoms with Crippen molar-refractivity contribution < 1.29 is 4.79 Å². The van der Waals surface area contributed by atoms with Gasteiger partial charge in [-0.25, -0.2) is 0 Å². The molecule has 1 heterocycles. The van der Waals surface area contributed by atoms with E-state index in [2.05, 4.69) is 24.1 Å². The zero-order valence-corrected chi connectivity index (χ0v) is 9.86. The van der Waals surface area contributed by atoms with Crippen molar-refractivity contribution in [2.45, 2.75) is 13.3 Å². The molecule has 0 radical (unpaired) electrons. The van der Waals surface area contributed by atoms with Gasteiger partial charge in [0.25, 0.3) is 0 Å². The van der Waals surface area contributed by atoms with Gasteiger partial charge in [-0.05, 0) is 37.6 Å². The number of Topliss-reactive ketones (excluding diaryl/α,β-unsaturated/α-hetero) is 1. The summed E-state index contributed by atoms with van der Waals surface area (Å²) in [5.41, 5.74) is 3.31. The van der Waals surface area contributed by atoms with Gasteiger partial charge in [-0.15, -0.1) is 0 Å². The van der Waals surface area contributed by atoms with E-state index in [1.165, 1.54) is 11.1 Å². The van der Waals surface area contributed by atoms with E-state index in [0.717, 1.165) is 25.1 Å². The second-order valence-electron chi connectivity index (χ2n) is 4.39. The Morgan fingerprint density at radius 2 is 2.19 bits per heavy atom. The molecule has 0 fully saturated rings. The second-order valence-corrected chi connectivity index (χ2v) is 4.39. The number of benzene rings is 1. The van der Waals surface area contributed by atoms with E-state index in [1.54, 1.807) is 6.92 Å². The molecule has 2 nitrogen and oxygen atoms in total. The molecule has 0 aromatic heterocycles. The van der Waals surface area contributed by atoms with Crippen LogP contribution in [0.1, 0.15) is 29.3 Å². The van der Waals surface area contributed by atoms with Gasteiger partial charge >= 0.3 is 0 Å². The fourth-order valence-corrected chi connectivity index (χ4v) is 2.04. The Morgan fingerprint density at radius 1 is 1.38 bits per heavy atom. The molecule has 16 heavy (non-hydrogen) atoms. The summed E-state index contributed by atoms with van der Waals surface area (Å²) in [7, 11) is 2.13. The first kappa shape index (κ1) is 11.1. The van der Waals surface area contributed by atoms with Crippen molar-refractivity contribution in [1.29, 1.82) is 0 Å². The van der Waals surface area contributed by atoms with E-state index in [0.29, 0.717) is 0 Å². The van der Waals surface area contributed by atoms with Crippen molar-refractivity contribution in [3.8, 4) is 0 Å². The molecule has 0 aliphatic carbocycles. The minimum absolute atomic E-state index is 0.131. The SMILES string of the molecule is CC(=O)c1cccc(C2=CCCN(C)C2)c1. The number of nitrogens with zero attached hydrogens (tertiary/aromatic N) is 1. The topological polar surface area (TPSA) is 20.3 Å². The summed E-state index contributed by atoms with van der Waals surface area (Å²) in [6.45, 7) is 3.71. The first-order chi connectivity index (χ1) is 7.66. The largest absolute Gasteiger partial charge is 0.302 e. The standard InChI is InChI=1S/C14H17NO/c1-11(16)12-5-3-6-13(9-12)14-7-4-8-15(2)10-14/h3,5-7,9H,4,8,10H2,1-2H3. The zero-order valence-electron chi connectivity index (χ0n) is 9.86. The van der Waals surface area contributed by atoms with E-state index >= 15 is 0 Å². The Kier molecular flexibility index (Phi) is 3.20. The molecule has 0 saturated heterocycles. The van der Waals surface area contributed by atoms with Gasteiger partial charge in [0.05, 0.1) is 0 Å². The average molecular weight is 215 g/mol. The van der Waals surface area contributed by atoms with Crippen LogP contribution >= 0.6 is 0 Å². The smallest absolute Gasteiger partial charge is 0.159 e. The maximum absolute atomic E-state index is 11.3. The molecule has 0 atom stereocenters. The first-order valence-corrected chi connectivity index (χ1v) is 5.66. The number of hydrogen-bond acceptors (Lipinski definition) is 2. The Morgan fingerprint density at radius 3 is 2.88 bits per heavy atom. The van der Waals surface area contributed by atoms with Crippen molar-refractivity contribution in [2.75, 3.05) is 20.1 Å². The van der Waals surface area contributed by atoms with Crippen LogP contribution < -0.4 is 0 Å². The molecule has 0 spiro atoms. The number of ketones is 1. The summed E-state index contributed by atoms with van der Waals surface area (Å²) in [6, 6.07) is 7.91. The van der Waals surface area contributed by atoms with Gasteiger partial charge < -0.3 is 4.90 Å². The van der Waals surface area contributed by atoms with Gasteiger partial charge in [-0.1, -0.05) is 24.3 Å². The average Bonchev–Trinajstić information content (AvgIpc) is 2.29. The van der Waals surface area contributed by atoms with Crippen LogP contribution in [0, 0.1) is 0 Å². The van der Waals surface area contributed by atoms with Gasteiger partial charge in [0.1, 0.15) is 0 Å². The lowest BCUT2D eigenvalue weighted by Crippen LogP contribution is -2.24. The predicted molar refractivity (Wildman–Crippen MR) is 66.5 cm³/mol. The highest BCUT2D eigenvalue weighted by molar-refractivity contribution is 5.95. The highest BCUT2D eigenvalue weighted by Crippen LogP contribution is 2.21. The molecule has 2 heteroatoms. The molecule has 0 saturated carbocycles. The molecule has 1 aromatic carbocycles. The molecule has 84 valence electrons. The lowest BCUT2D eigenvalue weighted by Gasteiger charge is -2.23. The summed E-state index contributed by atoms with van der Waals surface area (Å²) in [5.74, 6) is 0.131. The quantitative estimate of drug-likeness (QED) is 0.707. The highest BCUT2D eigenvalue weighted by Gasteiger charge is 2.11. The Balaban J connectivity index is 2.30. The van der Waals surface area contributed by atoms with Crippen molar-refractivity contribution >= 4 is 11.4 Å². The number of rotatable bonds is 2.